The summed E-state index contributed by atoms with van der Waals surface area (Å²) < 4.78 is 10.3. The molecule has 1 aliphatic rings. The Hall–Kier alpha value is -1.66. The maximum Gasteiger partial charge on any atom is 0.330 e. The van der Waals surface area contributed by atoms with Crippen molar-refractivity contribution in [3.05, 3.63) is 24.3 Å². The first-order valence-corrected chi connectivity index (χ1v) is 7.50. The normalized spacial score (nSPS) is 35.3. The van der Waals surface area contributed by atoms with E-state index in [2.05, 4.69) is 0 Å². The fourth-order valence-corrected chi connectivity index (χ4v) is 1.98. The second kappa shape index (κ2) is 9.38. The van der Waals surface area contributed by atoms with Crippen molar-refractivity contribution in [1.82, 2.24) is 0 Å². The lowest BCUT2D eigenvalue weighted by Gasteiger charge is -2.15. The summed E-state index contributed by atoms with van der Waals surface area (Å²) in [4.78, 5) is 23.1. The number of rotatable bonds is 0. The van der Waals surface area contributed by atoms with Crippen LogP contribution in [0.15, 0.2) is 24.3 Å². The van der Waals surface area contributed by atoms with Crippen LogP contribution in [0.5, 0.6) is 0 Å². The molecule has 0 saturated heterocycles. The molecule has 0 aliphatic carbocycles. The predicted molar refractivity (Wildman–Crippen MR) is 79.9 cm³/mol. The van der Waals surface area contributed by atoms with Gasteiger partial charge in [-0.2, -0.15) is 0 Å². The zero-order chi connectivity index (χ0) is 16.5. The van der Waals surface area contributed by atoms with Gasteiger partial charge in [0, 0.05) is 12.2 Å². The van der Waals surface area contributed by atoms with E-state index in [1.807, 2.05) is 0 Å². The predicted octanol–water partition coefficient (Wildman–Crippen LogP) is 1.26. The van der Waals surface area contributed by atoms with Crippen LogP contribution in [0.1, 0.15) is 39.5 Å². The SMILES string of the molecule is C[C@@H]1CC[C@@H](O)/C=C\C(=O)O[C@H](C)CC[C@@H](O)/C=C\C(=O)O1. The Morgan fingerprint density at radius 3 is 1.55 bits per heavy atom. The molecule has 0 aromatic heterocycles. The molecule has 0 spiro atoms. The Morgan fingerprint density at radius 1 is 0.818 bits per heavy atom. The van der Waals surface area contributed by atoms with Crippen LogP contribution in [0.25, 0.3) is 0 Å². The molecule has 1 heterocycles. The second-order valence-electron chi connectivity index (χ2n) is 5.50. The number of hydrogen-bond donors (Lipinski definition) is 2. The third-order valence-electron chi connectivity index (χ3n) is 3.28. The molecule has 0 bridgehead atoms. The quantitative estimate of drug-likeness (QED) is 0.654. The van der Waals surface area contributed by atoms with Crippen LogP contribution in [0, 0.1) is 0 Å². The van der Waals surface area contributed by atoms with Crippen molar-refractivity contribution in [1.29, 1.82) is 0 Å². The number of hydrogen-bond acceptors (Lipinski definition) is 6. The van der Waals surface area contributed by atoms with Gasteiger partial charge in [0.2, 0.25) is 0 Å². The molecule has 1 rings (SSSR count). The van der Waals surface area contributed by atoms with Gasteiger partial charge in [-0.15, -0.1) is 0 Å². The molecule has 6 nitrogen and oxygen atoms in total. The average molecular weight is 312 g/mol. The highest BCUT2D eigenvalue weighted by Gasteiger charge is 2.13. The van der Waals surface area contributed by atoms with E-state index in [-0.39, 0.29) is 12.2 Å². The highest BCUT2D eigenvalue weighted by atomic mass is 16.5. The minimum atomic E-state index is -0.797. The lowest BCUT2D eigenvalue weighted by molar-refractivity contribution is -0.143. The van der Waals surface area contributed by atoms with E-state index in [1.54, 1.807) is 13.8 Å². The van der Waals surface area contributed by atoms with Gasteiger partial charge in [0.25, 0.3) is 0 Å². The lowest BCUT2D eigenvalue weighted by atomic mass is 10.1. The Kier molecular flexibility index (Phi) is 7.84. The molecule has 124 valence electrons. The summed E-state index contributed by atoms with van der Waals surface area (Å²) in [5, 5.41) is 19.5. The average Bonchev–Trinajstić information content (AvgIpc) is 2.46. The van der Waals surface area contributed by atoms with Crippen molar-refractivity contribution < 1.29 is 29.3 Å². The van der Waals surface area contributed by atoms with Crippen molar-refractivity contribution in [2.75, 3.05) is 0 Å². The number of ether oxygens (including phenoxy) is 2. The molecule has 0 saturated carbocycles. The standard InChI is InChI=1S/C16H24O6/c1-11-3-5-13(17)8-10-16(20)22-12(2)4-6-14(18)7-9-15(19)21-11/h7-14,17-18H,3-6H2,1-2H3/b9-7-,10-8-/t11-,12-,13-,14-/m1/s1. The molecular formula is C16H24O6. The van der Waals surface area contributed by atoms with Crippen LogP contribution < -0.4 is 0 Å². The van der Waals surface area contributed by atoms with Crippen molar-refractivity contribution in [3.63, 3.8) is 0 Å². The number of aliphatic hydroxyl groups is 2. The summed E-state index contributed by atoms with van der Waals surface area (Å²) >= 11 is 0. The third-order valence-corrected chi connectivity index (χ3v) is 3.28. The Labute approximate surface area is 130 Å². The Morgan fingerprint density at radius 2 is 1.18 bits per heavy atom. The molecule has 0 aromatic carbocycles. The maximum atomic E-state index is 11.6. The molecule has 0 aromatic rings. The van der Waals surface area contributed by atoms with Crippen molar-refractivity contribution in [2.45, 2.75) is 63.9 Å². The van der Waals surface area contributed by atoms with E-state index >= 15 is 0 Å². The molecule has 0 radical (unpaired) electrons. The number of carbonyl (C=O) groups excluding carboxylic acids is 2. The summed E-state index contributed by atoms with van der Waals surface area (Å²) in [7, 11) is 0. The highest BCUT2D eigenvalue weighted by Crippen LogP contribution is 2.10. The van der Waals surface area contributed by atoms with Gasteiger partial charge in [-0.1, -0.05) is 0 Å². The van der Waals surface area contributed by atoms with Crippen LogP contribution in [-0.4, -0.2) is 46.6 Å². The molecule has 0 amide bonds. The van der Waals surface area contributed by atoms with E-state index in [0.29, 0.717) is 25.7 Å². The second-order valence-corrected chi connectivity index (χ2v) is 5.50. The largest absolute Gasteiger partial charge is 0.460 e. The van der Waals surface area contributed by atoms with Crippen molar-refractivity contribution in [3.8, 4) is 0 Å². The van der Waals surface area contributed by atoms with Gasteiger partial charge < -0.3 is 19.7 Å². The van der Waals surface area contributed by atoms with Gasteiger partial charge >= 0.3 is 11.9 Å². The van der Waals surface area contributed by atoms with Gasteiger partial charge in [-0.25, -0.2) is 9.59 Å². The van der Waals surface area contributed by atoms with Crippen LogP contribution in [0.4, 0.5) is 0 Å². The van der Waals surface area contributed by atoms with Crippen LogP contribution in [0.2, 0.25) is 0 Å². The van der Waals surface area contributed by atoms with Crippen molar-refractivity contribution in [2.24, 2.45) is 0 Å². The monoisotopic (exact) mass is 312 g/mol. The Bertz CT molecular complexity index is 388. The number of carbonyl (C=O) groups is 2. The molecule has 4 atom stereocenters. The minimum absolute atomic E-state index is 0.361. The van der Waals surface area contributed by atoms with E-state index in [9.17, 15) is 19.8 Å². The van der Waals surface area contributed by atoms with Crippen LogP contribution in [0.3, 0.4) is 0 Å². The maximum absolute atomic E-state index is 11.6. The third kappa shape index (κ3) is 7.95. The molecule has 1 aliphatic heterocycles. The number of aliphatic hydroxyl groups excluding tert-OH is 2. The first-order valence-electron chi connectivity index (χ1n) is 7.50. The summed E-state index contributed by atoms with van der Waals surface area (Å²) in [6.07, 6.45) is 4.44. The smallest absolute Gasteiger partial charge is 0.330 e. The number of cyclic esters (lactones) is 2. The Balaban J connectivity index is 2.70. The fourth-order valence-electron chi connectivity index (χ4n) is 1.98. The molecular weight excluding hydrogens is 288 g/mol. The zero-order valence-electron chi connectivity index (χ0n) is 13.0. The van der Waals surface area contributed by atoms with Crippen LogP contribution >= 0.6 is 0 Å². The summed E-state index contributed by atoms with van der Waals surface area (Å²) in [6, 6.07) is 0. The molecule has 0 unspecified atom stereocenters. The zero-order valence-corrected chi connectivity index (χ0v) is 13.0. The highest BCUT2D eigenvalue weighted by molar-refractivity contribution is 5.82. The van der Waals surface area contributed by atoms with E-state index in [4.69, 9.17) is 9.47 Å². The molecule has 6 heteroatoms. The summed E-state index contributed by atoms with van der Waals surface area (Å²) in [5.74, 6) is -1.05. The molecule has 0 fully saturated rings. The molecule has 2 N–H and O–H groups in total. The van der Waals surface area contributed by atoms with Crippen molar-refractivity contribution >= 4 is 11.9 Å². The van der Waals surface area contributed by atoms with Gasteiger partial charge in [0.15, 0.2) is 0 Å². The fraction of sp³-hybridized carbons (Fsp3) is 0.625. The topological polar surface area (TPSA) is 93.1 Å². The van der Waals surface area contributed by atoms with E-state index in [0.717, 1.165) is 0 Å². The van der Waals surface area contributed by atoms with Gasteiger partial charge in [0.1, 0.15) is 0 Å². The first kappa shape index (κ1) is 18.4. The lowest BCUT2D eigenvalue weighted by Crippen LogP contribution is -2.18. The molecule has 22 heavy (non-hydrogen) atoms. The van der Waals surface area contributed by atoms with E-state index in [1.165, 1.54) is 24.3 Å². The van der Waals surface area contributed by atoms with Gasteiger partial charge in [-0.05, 0) is 51.7 Å². The summed E-state index contributed by atoms with van der Waals surface area (Å²) in [6.45, 7) is 3.44. The number of esters is 2. The van der Waals surface area contributed by atoms with E-state index < -0.39 is 24.1 Å². The van der Waals surface area contributed by atoms with Gasteiger partial charge in [-0.3, -0.25) is 0 Å². The first-order chi connectivity index (χ1) is 10.4. The van der Waals surface area contributed by atoms with Crippen LogP contribution in [-0.2, 0) is 19.1 Å². The minimum Gasteiger partial charge on any atom is -0.460 e. The van der Waals surface area contributed by atoms with Gasteiger partial charge in [0.05, 0.1) is 24.4 Å². The summed E-state index contributed by atoms with van der Waals surface area (Å²) in [5.41, 5.74) is 0.